The number of likely N-dealkylation sites (tertiary alicyclic amines) is 1. The number of carbonyl (C=O) groups is 1. The normalized spacial score (nSPS) is 16.9. The average Bonchev–Trinajstić information content (AvgIpc) is 2.67. The highest BCUT2D eigenvalue weighted by Crippen LogP contribution is 2.25. The van der Waals surface area contributed by atoms with E-state index < -0.39 is 24.1 Å². The maximum absolute atomic E-state index is 12.7. The number of alkyl halides is 3. The monoisotopic (exact) mass is 392 g/mol. The molecule has 1 atom stereocenters. The molecule has 1 aromatic heterocycles. The highest BCUT2D eigenvalue weighted by atomic mass is 19.4. The molecule has 0 bridgehead atoms. The van der Waals surface area contributed by atoms with Crippen molar-refractivity contribution in [1.82, 2.24) is 14.9 Å². The molecule has 0 aliphatic carbocycles. The number of hydrogen-bond donors (Lipinski definition) is 0. The number of halogens is 3. The number of nitriles is 1. The van der Waals surface area contributed by atoms with E-state index in [1.165, 1.54) is 29.4 Å². The molecule has 0 radical (unpaired) electrons. The molecular weight excluding hydrogens is 377 g/mol. The van der Waals surface area contributed by atoms with Gasteiger partial charge in [-0.25, -0.2) is 9.97 Å². The van der Waals surface area contributed by atoms with Crippen LogP contribution >= 0.6 is 0 Å². The standard InChI is InChI=1S/C18H15F3N4O3/c19-18(20,21)28-13-4-1-3-12(9-13)17(26)25-8-2-5-14(11-25)27-16-15(10-22)23-6-7-24-16/h1,3-4,6-7,9,14H,2,5,8,11H2. The molecule has 2 heterocycles. The first-order valence-electron chi connectivity index (χ1n) is 8.38. The highest BCUT2D eigenvalue weighted by Gasteiger charge is 2.32. The molecule has 2 aromatic rings. The Kier molecular flexibility index (Phi) is 5.63. The van der Waals surface area contributed by atoms with Gasteiger partial charge in [-0.2, -0.15) is 5.26 Å². The van der Waals surface area contributed by atoms with Crippen LogP contribution in [0, 0.1) is 11.3 Å². The van der Waals surface area contributed by atoms with Crippen LogP contribution in [0.4, 0.5) is 13.2 Å². The van der Waals surface area contributed by atoms with Crippen molar-refractivity contribution in [2.75, 3.05) is 13.1 Å². The third kappa shape index (κ3) is 4.88. The minimum atomic E-state index is -4.83. The Hall–Kier alpha value is -3.35. The fourth-order valence-electron chi connectivity index (χ4n) is 2.87. The lowest BCUT2D eigenvalue weighted by molar-refractivity contribution is -0.274. The average molecular weight is 392 g/mol. The first-order valence-corrected chi connectivity index (χ1v) is 8.38. The summed E-state index contributed by atoms with van der Waals surface area (Å²) in [5.74, 6) is -0.799. The quantitative estimate of drug-likeness (QED) is 0.795. The summed E-state index contributed by atoms with van der Waals surface area (Å²) in [6.07, 6.45) is -1.19. The number of ether oxygens (including phenoxy) is 2. The summed E-state index contributed by atoms with van der Waals surface area (Å²) in [6.45, 7) is 0.652. The second kappa shape index (κ2) is 8.12. The number of hydrogen-bond acceptors (Lipinski definition) is 6. The van der Waals surface area contributed by atoms with E-state index in [4.69, 9.17) is 10.00 Å². The molecule has 1 fully saturated rings. The van der Waals surface area contributed by atoms with Crippen LogP contribution in [-0.4, -0.2) is 46.3 Å². The van der Waals surface area contributed by atoms with Gasteiger partial charge >= 0.3 is 6.36 Å². The first kappa shape index (κ1) is 19.4. The summed E-state index contributed by atoms with van der Waals surface area (Å²) in [5, 5.41) is 9.05. The fraction of sp³-hybridized carbons (Fsp3) is 0.333. The lowest BCUT2D eigenvalue weighted by Crippen LogP contribution is -2.44. The Balaban J connectivity index is 1.69. The molecule has 1 aliphatic rings. The number of rotatable bonds is 4. The van der Waals surface area contributed by atoms with E-state index in [1.54, 1.807) is 0 Å². The second-order valence-electron chi connectivity index (χ2n) is 6.03. The van der Waals surface area contributed by atoms with Crippen molar-refractivity contribution < 1.29 is 27.4 Å². The van der Waals surface area contributed by atoms with Crippen molar-refractivity contribution in [1.29, 1.82) is 5.26 Å². The molecule has 1 aromatic carbocycles. The van der Waals surface area contributed by atoms with Gasteiger partial charge in [0, 0.05) is 24.5 Å². The summed E-state index contributed by atoms with van der Waals surface area (Å²) in [5.41, 5.74) is 0.127. The Morgan fingerprint density at radius 3 is 2.82 bits per heavy atom. The maximum atomic E-state index is 12.7. The fourth-order valence-corrected chi connectivity index (χ4v) is 2.87. The smallest absolute Gasteiger partial charge is 0.470 e. The largest absolute Gasteiger partial charge is 0.573 e. The van der Waals surface area contributed by atoms with Crippen LogP contribution in [0.3, 0.4) is 0 Å². The third-order valence-electron chi connectivity index (χ3n) is 4.03. The summed E-state index contributed by atoms with van der Waals surface area (Å²) < 4.78 is 46.7. The number of amides is 1. The predicted molar refractivity (Wildman–Crippen MR) is 89.4 cm³/mol. The SMILES string of the molecule is N#Cc1nccnc1OC1CCCN(C(=O)c2cccc(OC(F)(F)F)c2)C1. The van der Waals surface area contributed by atoms with Crippen molar-refractivity contribution in [3.63, 3.8) is 0 Å². The van der Waals surface area contributed by atoms with Gasteiger partial charge in [0.2, 0.25) is 5.69 Å². The summed E-state index contributed by atoms with van der Waals surface area (Å²) in [4.78, 5) is 22.0. The number of benzene rings is 1. The van der Waals surface area contributed by atoms with E-state index >= 15 is 0 Å². The molecule has 0 spiro atoms. The molecule has 1 unspecified atom stereocenters. The van der Waals surface area contributed by atoms with E-state index in [2.05, 4.69) is 14.7 Å². The van der Waals surface area contributed by atoms with Gasteiger partial charge in [-0.05, 0) is 31.0 Å². The summed E-state index contributed by atoms with van der Waals surface area (Å²) >= 11 is 0. The van der Waals surface area contributed by atoms with Gasteiger partial charge in [0.1, 0.15) is 17.9 Å². The molecule has 146 valence electrons. The molecule has 3 rings (SSSR count). The first-order chi connectivity index (χ1) is 13.4. The zero-order valence-corrected chi connectivity index (χ0v) is 14.5. The van der Waals surface area contributed by atoms with E-state index in [1.807, 2.05) is 6.07 Å². The van der Waals surface area contributed by atoms with Gasteiger partial charge in [-0.1, -0.05) is 6.07 Å². The third-order valence-corrected chi connectivity index (χ3v) is 4.03. The second-order valence-corrected chi connectivity index (χ2v) is 6.03. The van der Waals surface area contributed by atoms with E-state index in [0.29, 0.717) is 19.4 Å². The maximum Gasteiger partial charge on any atom is 0.573 e. The molecule has 1 amide bonds. The van der Waals surface area contributed by atoms with Crippen LogP contribution < -0.4 is 9.47 Å². The van der Waals surface area contributed by atoms with Crippen molar-refractivity contribution in [2.45, 2.75) is 25.3 Å². The van der Waals surface area contributed by atoms with E-state index in [9.17, 15) is 18.0 Å². The van der Waals surface area contributed by atoms with Gasteiger partial charge in [0.05, 0.1) is 6.54 Å². The van der Waals surface area contributed by atoms with E-state index in [0.717, 1.165) is 12.1 Å². The minimum Gasteiger partial charge on any atom is -0.470 e. The lowest BCUT2D eigenvalue weighted by atomic mass is 10.1. The van der Waals surface area contributed by atoms with Gasteiger partial charge in [-0.15, -0.1) is 13.2 Å². The molecule has 0 N–H and O–H groups in total. The molecule has 0 saturated carbocycles. The highest BCUT2D eigenvalue weighted by molar-refractivity contribution is 5.94. The lowest BCUT2D eigenvalue weighted by Gasteiger charge is -2.32. The molecule has 7 nitrogen and oxygen atoms in total. The Labute approximate surface area is 158 Å². The Bertz CT molecular complexity index is 898. The van der Waals surface area contributed by atoms with Crippen LogP contribution in [0.25, 0.3) is 0 Å². The molecule has 1 saturated heterocycles. The predicted octanol–water partition coefficient (Wildman–Crippen LogP) is 2.93. The van der Waals surface area contributed by atoms with Crippen molar-refractivity contribution in [3.8, 4) is 17.7 Å². The van der Waals surface area contributed by atoms with Gasteiger partial charge in [0.15, 0.2) is 0 Å². The van der Waals surface area contributed by atoms with Crippen LogP contribution in [0.15, 0.2) is 36.7 Å². The van der Waals surface area contributed by atoms with E-state index in [-0.39, 0.29) is 23.7 Å². The zero-order chi connectivity index (χ0) is 20.1. The number of nitrogens with zero attached hydrogens (tertiary/aromatic N) is 4. The molecule has 28 heavy (non-hydrogen) atoms. The number of carbonyl (C=O) groups excluding carboxylic acids is 1. The summed E-state index contributed by atoms with van der Waals surface area (Å²) in [6, 6.07) is 6.81. The van der Waals surface area contributed by atoms with Crippen molar-refractivity contribution >= 4 is 5.91 Å². The van der Waals surface area contributed by atoms with Gasteiger partial charge in [0.25, 0.3) is 11.8 Å². The molecular formula is C18H15F3N4O3. The van der Waals surface area contributed by atoms with Crippen molar-refractivity contribution in [2.24, 2.45) is 0 Å². The number of aromatic nitrogens is 2. The summed E-state index contributed by atoms with van der Waals surface area (Å²) in [7, 11) is 0. The van der Waals surface area contributed by atoms with Gasteiger partial charge < -0.3 is 14.4 Å². The van der Waals surface area contributed by atoms with Crippen molar-refractivity contribution in [3.05, 3.63) is 47.9 Å². The van der Waals surface area contributed by atoms with Crippen LogP contribution in [-0.2, 0) is 0 Å². The zero-order valence-electron chi connectivity index (χ0n) is 14.5. The molecule has 1 aliphatic heterocycles. The van der Waals surface area contributed by atoms with Crippen LogP contribution in [0.1, 0.15) is 28.9 Å². The van der Waals surface area contributed by atoms with Crippen LogP contribution in [0.5, 0.6) is 11.6 Å². The number of piperidine rings is 1. The Morgan fingerprint density at radius 2 is 2.07 bits per heavy atom. The minimum absolute atomic E-state index is 0.0444. The molecule has 10 heteroatoms. The van der Waals surface area contributed by atoms with Crippen LogP contribution in [0.2, 0.25) is 0 Å². The Morgan fingerprint density at radius 1 is 1.29 bits per heavy atom. The van der Waals surface area contributed by atoms with Gasteiger partial charge in [-0.3, -0.25) is 4.79 Å². The topological polar surface area (TPSA) is 88.3 Å².